The summed E-state index contributed by atoms with van der Waals surface area (Å²) in [6, 6.07) is 7.45. The van der Waals surface area contributed by atoms with E-state index in [1.54, 1.807) is 36.9 Å². The number of anilines is 3. The second-order valence-electron chi connectivity index (χ2n) is 9.48. The molecule has 0 atom stereocenters. The number of carbonyl (C=O) groups is 1. The summed E-state index contributed by atoms with van der Waals surface area (Å²) in [5.41, 5.74) is 1.97. The number of fused-ring (bicyclic) bond motifs is 1. The maximum absolute atomic E-state index is 12.6. The van der Waals surface area contributed by atoms with E-state index in [0.717, 1.165) is 14.6 Å². The maximum Gasteiger partial charge on any atom is 0.391 e. The van der Waals surface area contributed by atoms with Crippen molar-refractivity contribution in [2.75, 3.05) is 31.3 Å². The van der Waals surface area contributed by atoms with E-state index in [9.17, 15) is 14.9 Å². The Balaban J connectivity index is 1.44. The number of quaternary nitrogens is 1. The van der Waals surface area contributed by atoms with E-state index in [4.69, 9.17) is 0 Å². The van der Waals surface area contributed by atoms with E-state index < -0.39 is 4.92 Å². The molecule has 4 aromatic rings. The average molecular weight is 660 g/mol. The largest absolute Gasteiger partial charge is 0.391 e. The number of hydrogen-bond acceptors (Lipinski definition) is 8. The van der Waals surface area contributed by atoms with Crippen LogP contribution in [0.25, 0.3) is 10.9 Å². The monoisotopic (exact) mass is 658 g/mol. The van der Waals surface area contributed by atoms with E-state index >= 15 is 0 Å². The van der Waals surface area contributed by atoms with Crippen molar-refractivity contribution < 1.29 is 14.2 Å². The number of aromatic nitrogens is 5. The van der Waals surface area contributed by atoms with Gasteiger partial charge in [-0.3, -0.25) is 4.79 Å². The van der Waals surface area contributed by atoms with Gasteiger partial charge in [-0.25, -0.2) is 15.0 Å². The van der Waals surface area contributed by atoms with Crippen LogP contribution in [0.3, 0.4) is 0 Å². The molecule has 0 aliphatic heterocycles. The molecule has 12 nitrogen and oxygen atoms in total. The van der Waals surface area contributed by atoms with Crippen LogP contribution in [0.1, 0.15) is 11.5 Å². The Morgan fingerprint density at radius 1 is 1.18 bits per heavy atom. The highest BCUT2D eigenvalue weighted by Crippen LogP contribution is 2.29. The third-order valence-corrected chi connectivity index (χ3v) is 7.87. The first-order chi connectivity index (χ1) is 18.4. The number of imidazole rings is 1. The third-order valence-electron chi connectivity index (χ3n) is 5.99. The maximum atomic E-state index is 12.6. The van der Waals surface area contributed by atoms with Gasteiger partial charge in [-0.1, -0.05) is 0 Å². The van der Waals surface area contributed by atoms with Gasteiger partial charge in [0, 0.05) is 40.1 Å². The molecular weight excluding hydrogens is 634 g/mol. The fourth-order valence-corrected chi connectivity index (χ4v) is 4.51. The summed E-state index contributed by atoms with van der Waals surface area (Å²) < 4.78 is 3.93. The van der Waals surface area contributed by atoms with Crippen LogP contribution in [-0.2, 0) is 18.4 Å². The topological polar surface area (TPSA) is 141 Å². The number of pyridine rings is 1. The van der Waals surface area contributed by atoms with E-state index in [1.165, 1.54) is 12.4 Å². The molecule has 0 saturated carbocycles. The van der Waals surface area contributed by atoms with Gasteiger partial charge < -0.3 is 29.8 Å². The van der Waals surface area contributed by atoms with Crippen molar-refractivity contribution in [2.45, 2.75) is 13.5 Å². The number of halogens is 2. The van der Waals surface area contributed by atoms with Crippen LogP contribution in [-0.4, -0.2) is 60.5 Å². The molecule has 39 heavy (non-hydrogen) atoms. The fourth-order valence-electron chi connectivity index (χ4n) is 3.88. The Kier molecular flexibility index (Phi) is 8.37. The molecule has 202 valence electrons. The number of nitro groups is 1. The first-order valence-electron chi connectivity index (χ1n) is 11.7. The van der Waals surface area contributed by atoms with Crippen LogP contribution >= 0.6 is 31.9 Å². The van der Waals surface area contributed by atoms with Gasteiger partial charge in [-0.2, -0.15) is 0 Å². The number of nitrogens with one attached hydrogen (secondary N) is 2. The van der Waals surface area contributed by atoms with Crippen molar-refractivity contribution in [2.24, 2.45) is 7.05 Å². The zero-order chi connectivity index (χ0) is 28.3. The molecular formula is C25H26Br2N9O3+. The molecule has 0 aliphatic carbocycles. The molecule has 0 aliphatic rings. The van der Waals surface area contributed by atoms with Gasteiger partial charge in [0.2, 0.25) is 11.7 Å². The Morgan fingerprint density at radius 3 is 2.67 bits per heavy atom. The van der Waals surface area contributed by atoms with Crippen molar-refractivity contribution in [1.82, 2.24) is 24.5 Å². The summed E-state index contributed by atoms with van der Waals surface area (Å²) in [6.45, 7) is 2.56. The number of hydrogen-bond donors (Lipinski definition) is 2. The van der Waals surface area contributed by atoms with Crippen LogP contribution in [0.4, 0.5) is 23.1 Å². The Hall–Kier alpha value is -3.75. The Labute approximate surface area is 241 Å². The molecule has 1 amide bonds. The first kappa shape index (κ1) is 28.3. The van der Waals surface area contributed by atoms with Crippen molar-refractivity contribution >= 4 is 71.8 Å². The minimum absolute atomic E-state index is 0.143. The van der Waals surface area contributed by atoms with Gasteiger partial charge in [0.05, 0.1) is 32.4 Å². The average Bonchev–Trinajstić information content (AvgIpc) is 3.14. The van der Waals surface area contributed by atoms with Crippen molar-refractivity contribution in [1.29, 1.82) is 0 Å². The zero-order valence-electron chi connectivity index (χ0n) is 21.6. The molecule has 0 bridgehead atoms. The SMILES string of the molecule is Cc1nc([N+](=O)[O-])c(C[N+](C)(C)C/C=C/C(=O)Nc2cc3c(Nc4ccc(Br)c(Br)c4)ncnc3cn2)n1C. The summed E-state index contributed by atoms with van der Waals surface area (Å²) in [4.78, 5) is 40.5. The van der Waals surface area contributed by atoms with Crippen molar-refractivity contribution in [3.05, 3.63) is 79.5 Å². The number of carbonyl (C=O) groups excluding carboxylic acids is 1. The smallest absolute Gasteiger partial charge is 0.358 e. The van der Waals surface area contributed by atoms with Gasteiger partial charge in [0.1, 0.15) is 24.5 Å². The predicted octanol–water partition coefficient (Wildman–Crippen LogP) is 5.01. The minimum Gasteiger partial charge on any atom is -0.358 e. The summed E-state index contributed by atoms with van der Waals surface area (Å²) in [5, 5.41) is 18.1. The molecule has 1 aromatic carbocycles. The molecule has 0 saturated heterocycles. The zero-order valence-corrected chi connectivity index (χ0v) is 24.8. The Bertz CT molecular complexity index is 1600. The third kappa shape index (κ3) is 6.82. The molecule has 0 radical (unpaired) electrons. The number of likely N-dealkylation sites (N-methyl/N-ethyl adjacent to an activating group) is 1. The predicted molar refractivity (Wildman–Crippen MR) is 156 cm³/mol. The van der Waals surface area contributed by atoms with Crippen LogP contribution in [0, 0.1) is 17.0 Å². The standard InChI is InChI=1S/C25H25Br2N9O3/c1-15-31-25(35(38)39)21(34(15)2)13-36(3,4)9-5-6-23(37)33-22-11-17-20(12-28-22)29-14-30-24(17)32-16-7-8-18(26)19(27)10-16/h5-8,10-12,14H,9,13H2,1-4H3,(H-,28,29,30,32,33,37)/p+1/b6-5+. The quantitative estimate of drug-likeness (QED) is 0.111. The molecule has 14 heteroatoms. The number of nitrogens with zero attached hydrogens (tertiary/aromatic N) is 7. The molecule has 0 fully saturated rings. The van der Waals surface area contributed by atoms with Crippen LogP contribution < -0.4 is 10.6 Å². The lowest BCUT2D eigenvalue weighted by atomic mass is 10.2. The highest BCUT2D eigenvalue weighted by atomic mass is 79.9. The molecule has 3 aromatic heterocycles. The lowest BCUT2D eigenvalue weighted by molar-refractivity contribution is -0.898. The lowest BCUT2D eigenvalue weighted by Gasteiger charge is -2.28. The van der Waals surface area contributed by atoms with Gasteiger partial charge >= 0.3 is 5.82 Å². The van der Waals surface area contributed by atoms with E-state index in [-0.39, 0.29) is 11.7 Å². The van der Waals surface area contributed by atoms with E-state index in [2.05, 4.69) is 62.4 Å². The van der Waals surface area contributed by atoms with Gasteiger partial charge in [-0.15, -0.1) is 0 Å². The van der Waals surface area contributed by atoms with Crippen molar-refractivity contribution in [3.8, 4) is 0 Å². The summed E-state index contributed by atoms with van der Waals surface area (Å²) in [6.07, 6.45) is 6.17. The molecule has 0 spiro atoms. The van der Waals surface area contributed by atoms with Crippen LogP contribution in [0.2, 0.25) is 0 Å². The van der Waals surface area contributed by atoms with Crippen LogP contribution in [0.15, 0.2) is 57.9 Å². The second kappa shape index (κ2) is 11.6. The highest BCUT2D eigenvalue weighted by molar-refractivity contribution is 9.13. The molecule has 2 N–H and O–H groups in total. The minimum atomic E-state index is -0.466. The van der Waals surface area contributed by atoms with Crippen molar-refractivity contribution in [3.63, 3.8) is 0 Å². The number of benzene rings is 1. The second-order valence-corrected chi connectivity index (χ2v) is 11.2. The first-order valence-corrected chi connectivity index (χ1v) is 13.3. The molecule has 0 unspecified atom stereocenters. The fraction of sp³-hybridized carbons (Fsp3) is 0.240. The van der Waals surface area contributed by atoms with Crippen LogP contribution in [0.5, 0.6) is 0 Å². The van der Waals surface area contributed by atoms with Gasteiger partial charge in [0.15, 0.2) is 5.69 Å². The van der Waals surface area contributed by atoms with Gasteiger partial charge in [-0.05, 0) is 72.1 Å². The molecule has 4 rings (SSSR count). The van der Waals surface area contributed by atoms with E-state index in [1.807, 2.05) is 32.3 Å². The van der Waals surface area contributed by atoms with Gasteiger partial charge in [0.25, 0.3) is 0 Å². The summed E-state index contributed by atoms with van der Waals surface area (Å²) >= 11 is 6.95. The molecule has 3 heterocycles. The lowest BCUT2D eigenvalue weighted by Crippen LogP contribution is -2.39. The highest BCUT2D eigenvalue weighted by Gasteiger charge is 2.29. The number of amides is 1. The summed E-state index contributed by atoms with van der Waals surface area (Å²) in [7, 11) is 5.61. The normalized spacial score (nSPS) is 11.7. The number of aryl methyl sites for hydroxylation is 1. The Morgan fingerprint density at radius 2 is 1.95 bits per heavy atom. The summed E-state index contributed by atoms with van der Waals surface area (Å²) in [5.74, 6) is 0.995. The van der Waals surface area contributed by atoms with E-state index in [0.29, 0.717) is 51.6 Å². The number of rotatable bonds is 9.